The quantitative estimate of drug-likeness (QED) is 0.709. The average Bonchev–Trinajstić information content (AvgIpc) is 2.17. The molecule has 0 aromatic heterocycles. The minimum absolute atomic E-state index is 0.192. The Hall–Kier alpha value is -0.690. The first-order valence-corrected chi connectivity index (χ1v) is 5.82. The Kier molecular flexibility index (Phi) is 6.42. The number of rotatable bonds is 2. The zero-order valence-corrected chi connectivity index (χ0v) is 11.3. The predicted octanol–water partition coefficient (Wildman–Crippen LogP) is 4.77. The molecule has 0 unspecified atom stereocenters. The van der Waals surface area contributed by atoms with E-state index >= 15 is 0 Å². The first-order valence-electron chi connectivity index (χ1n) is 5.44. The molecular formula is C13H21ClO. The number of halogens is 1. The molecule has 0 aliphatic carbocycles. The molecule has 0 aliphatic rings. The standard InChI is InChI=1S/C11H15ClO.C2H6/c1-7(2)13-11-6-10(12)8(3)5-9(11)4;1-2/h5-7H,1-4H3;1-2H3. The van der Waals surface area contributed by atoms with Crippen molar-refractivity contribution in [2.75, 3.05) is 0 Å². The van der Waals surface area contributed by atoms with Crippen molar-refractivity contribution in [3.8, 4) is 5.75 Å². The van der Waals surface area contributed by atoms with Crippen LogP contribution in [-0.4, -0.2) is 6.10 Å². The van der Waals surface area contributed by atoms with Crippen LogP contribution in [0.1, 0.15) is 38.8 Å². The number of ether oxygens (including phenoxy) is 1. The minimum atomic E-state index is 0.192. The molecule has 15 heavy (non-hydrogen) atoms. The molecule has 86 valence electrons. The summed E-state index contributed by atoms with van der Waals surface area (Å²) in [6, 6.07) is 3.92. The van der Waals surface area contributed by atoms with E-state index in [4.69, 9.17) is 16.3 Å². The van der Waals surface area contributed by atoms with Gasteiger partial charge in [-0.25, -0.2) is 0 Å². The molecule has 0 saturated carbocycles. The van der Waals surface area contributed by atoms with Gasteiger partial charge in [0.2, 0.25) is 0 Å². The number of hydrogen-bond donors (Lipinski definition) is 0. The number of aryl methyl sites for hydroxylation is 2. The van der Waals surface area contributed by atoms with Crippen LogP contribution in [0.5, 0.6) is 5.75 Å². The lowest BCUT2D eigenvalue weighted by molar-refractivity contribution is 0.241. The van der Waals surface area contributed by atoms with Gasteiger partial charge in [0.1, 0.15) is 5.75 Å². The normalized spacial score (nSPS) is 9.60. The summed E-state index contributed by atoms with van der Waals surface area (Å²) < 4.78 is 5.60. The first-order chi connectivity index (χ1) is 7.00. The average molecular weight is 229 g/mol. The van der Waals surface area contributed by atoms with Crippen molar-refractivity contribution in [2.45, 2.75) is 47.6 Å². The lowest BCUT2D eigenvalue weighted by Crippen LogP contribution is -2.06. The smallest absolute Gasteiger partial charge is 0.124 e. The molecule has 0 amide bonds. The summed E-state index contributed by atoms with van der Waals surface area (Å²) in [6.07, 6.45) is 0.192. The van der Waals surface area contributed by atoms with E-state index in [9.17, 15) is 0 Å². The van der Waals surface area contributed by atoms with E-state index in [1.165, 1.54) is 0 Å². The summed E-state index contributed by atoms with van der Waals surface area (Å²) in [5.41, 5.74) is 2.23. The van der Waals surface area contributed by atoms with Crippen molar-refractivity contribution >= 4 is 11.6 Å². The molecule has 0 aliphatic heterocycles. The van der Waals surface area contributed by atoms with E-state index in [0.29, 0.717) is 0 Å². The lowest BCUT2D eigenvalue weighted by atomic mass is 10.1. The Labute approximate surface area is 98.4 Å². The zero-order chi connectivity index (χ0) is 12.0. The molecule has 1 rings (SSSR count). The van der Waals surface area contributed by atoms with Crippen LogP contribution in [-0.2, 0) is 0 Å². The van der Waals surface area contributed by atoms with Crippen molar-refractivity contribution < 1.29 is 4.74 Å². The van der Waals surface area contributed by atoms with E-state index in [0.717, 1.165) is 21.9 Å². The van der Waals surface area contributed by atoms with Crippen LogP contribution in [0, 0.1) is 13.8 Å². The van der Waals surface area contributed by atoms with E-state index in [2.05, 4.69) is 0 Å². The molecular weight excluding hydrogens is 208 g/mol. The summed E-state index contributed by atoms with van der Waals surface area (Å²) in [4.78, 5) is 0. The van der Waals surface area contributed by atoms with Gasteiger partial charge >= 0.3 is 0 Å². The van der Waals surface area contributed by atoms with Gasteiger partial charge in [0.05, 0.1) is 6.10 Å². The van der Waals surface area contributed by atoms with Gasteiger partial charge in [-0.05, 0) is 44.9 Å². The molecule has 1 nitrogen and oxygen atoms in total. The second-order valence-electron chi connectivity index (χ2n) is 3.53. The van der Waals surface area contributed by atoms with Gasteiger partial charge in [-0.15, -0.1) is 0 Å². The van der Waals surface area contributed by atoms with Gasteiger partial charge in [0.15, 0.2) is 0 Å². The van der Waals surface area contributed by atoms with E-state index in [1.807, 2.05) is 53.7 Å². The van der Waals surface area contributed by atoms with Crippen LogP contribution in [0.25, 0.3) is 0 Å². The highest BCUT2D eigenvalue weighted by atomic mass is 35.5. The topological polar surface area (TPSA) is 9.23 Å². The second-order valence-corrected chi connectivity index (χ2v) is 3.94. The van der Waals surface area contributed by atoms with E-state index in [1.54, 1.807) is 0 Å². The molecule has 0 bridgehead atoms. The van der Waals surface area contributed by atoms with Gasteiger partial charge in [-0.1, -0.05) is 31.5 Å². The van der Waals surface area contributed by atoms with Gasteiger partial charge in [0.25, 0.3) is 0 Å². The van der Waals surface area contributed by atoms with Crippen LogP contribution >= 0.6 is 11.6 Å². The molecule has 2 heteroatoms. The maximum Gasteiger partial charge on any atom is 0.124 e. The Morgan fingerprint density at radius 3 is 2.07 bits per heavy atom. The Morgan fingerprint density at radius 1 is 1.07 bits per heavy atom. The lowest BCUT2D eigenvalue weighted by Gasteiger charge is -2.13. The molecule has 1 aromatic rings. The van der Waals surface area contributed by atoms with Crippen LogP contribution in [0.15, 0.2) is 12.1 Å². The van der Waals surface area contributed by atoms with Crippen LogP contribution in [0.3, 0.4) is 0 Å². The third-order valence-corrected chi connectivity index (χ3v) is 2.23. The maximum atomic E-state index is 5.99. The Balaban J connectivity index is 0.000000921. The number of benzene rings is 1. The third kappa shape index (κ3) is 4.57. The molecule has 0 saturated heterocycles. The molecule has 0 N–H and O–H groups in total. The summed E-state index contributed by atoms with van der Waals surface area (Å²) in [5.74, 6) is 0.880. The Morgan fingerprint density at radius 2 is 1.60 bits per heavy atom. The fourth-order valence-corrected chi connectivity index (χ4v) is 1.34. The highest BCUT2D eigenvalue weighted by Crippen LogP contribution is 2.26. The van der Waals surface area contributed by atoms with E-state index < -0.39 is 0 Å². The van der Waals surface area contributed by atoms with Crippen molar-refractivity contribution in [1.29, 1.82) is 0 Å². The summed E-state index contributed by atoms with van der Waals surface area (Å²) in [6.45, 7) is 12.0. The summed E-state index contributed by atoms with van der Waals surface area (Å²) in [7, 11) is 0. The van der Waals surface area contributed by atoms with Gasteiger partial charge in [-0.3, -0.25) is 0 Å². The van der Waals surface area contributed by atoms with Crippen LogP contribution in [0.4, 0.5) is 0 Å². The maximum absolute atomic E-state index is 5.99. The van der Waals surface area contributed by atoms with Gasteiger partial charge in [-0.2, -0.15) is 0 Å². The van der Waals surface area contributed by atoms with Crippen molar-refractivity contribution in [3.05, 3.63) is 28.3 Å². The predicted molar refractivity (Wildman–Crippen MR) is 68.0 cm³/mol. The molecule has 0 heterocycles. The molecule has 1 aromatic carbocycles. The van der Waals surface area contributed by atoms with Crippen LogP contribution in [0.2, 0.25) is 5.02 Å². The van der Waals surface area contributed by atoms with E-state index in [-0.39, 0.29) is 6.10 Å². The minimum Gasteiger partial charge on any atom is -0.491 e. The number of hydrogen-bond acceptors (Lipinski definition) is 1. The van der Waals surface area contributed by atoms with Crippen LogP contribution < -0.4 is 4.74 Å². The Bertz CT molecular complexity index is 306. The van der Waals surface area contributed by atoms with Crippen molar-refractivity contribution in [2.24, 2.45) is 0 Å². The third-order valence-electron chi connectivity index (χ3n) is 1.82. The first kappa shape index (κ1) is 14.3. The summed E-state index contributed by atoms with van der Waals surface area (Å²) in [5, 5.41) is 0.765. The fourth-order valence-electron chi connectivity index (χ4n) is 1.19. The molecule has 0 spiro atoms. The largest absolute Gasteiger partial charge is 0.491 e. The van der Waals surface area contributed by atoms with Gasteiger partial charge in [0, 0.05) is 5.02 Å². The van der Waals surface area contributed by atoms with Crippen molar-refractivity contribution in [1.82, 2.24) is 0 Å². The second kappa shape index (κ2) is 6.73. The van der Waals surface area contributed by atoms with Gasteiger partial charge < -0.3 is 4.74 Å². The van der Waals surface area contributed by atoms with Crippen molar-refractivity contribution in [3.63, 3.8) is 0 Å². The molecule has 0 radical (unpaired) electrons. The SMILES string of the molecule is CC.Cc1cc(C)c(OC(C)C)cc1Cl. The fraction of sp³-hybridized carbons (Fsp3) is 0.538. The highest BCUT2D eigenvalue weighted by Gasteiger charge is 2.05. The monoisotopic (exact) mass is 228 g/mol. The molecule has 0 atom stereocenters. The highest BCUT2D eigenvalue weighted by molar-refractivity contribution is 6.31. The molecule has 0 fully saturated rings. The summed E-state index contributed by atoms with van der Waals surface area (Å²) >= 11 is 5.99. The zero-order valence-electron chi connectivity index (χ0n) is 10.5.